The molecule has 0 saturated heterocycles. The normalized spacial score (nSPS) is 11.8. The number of para-hydroxylation sites is 3. The summed E-state index contributed by atoms with van der Waals surface area (Å²) in [4.78, 5) is 4.53. The van der Waals surface area contributed by atoms with Crippen LogP contribution in [0, 0.1) is 0 Å². The smallest absolute Gasteiger partial charge is 0.0701 e. The SMILES string of the molecule is c1ccc(-n2c3ccccc3c3c4ccc5c(c4ccc32)c2ccccc2n5-c2ccc(-c3ccccn3)cc2)cc1. The molecule has 6 aromatic carbocycles. The number of benzene rings is 6. The van der Waals surface area contributed by atoms with Crippen LogP contribution < -0.4 is 0 Å². The molecule has 3 heteroatoms. The monoisotopic (exact) mass is 535 g/mol. The molecular formula is C39H25N3. The lowest BCUT2D eigenvalue weighted by Gasteiger charge is -2.10. The molecule has 0 N–H and O–H groups in total. The van der Waals surface area contributed by atoms with Gasteiger partial charge < -0.3 is 9.13 Å². The van der Waals surface area contributed by atoms with Crippen molar-refractivity contribution in [1.29, 1.82) is 0 Å². The number of nitrogens with zero attached hydrogens (tertiary/aromatic N) is 3. The molecule has 42 heavy (non-hydrogen) atoms. The van der Waals surface area contributed by atoms with Crippen LogP contribution in [0.25, 0.3) is 77.0 Å². The Kier molecular flexibility index (Phi) is 4.90. The third-order valence-corrected chi connectivity index (χ3v) is 8.57. The van der Waals surface area contributed by atoms with Crippen LogP contribution >= 0.6 is 0 Å². The molecule has 0 spiro atoms. The summed E-state index contributed by atoms with van der Waals surface area (Å²) < 4.78 is 4.78. The summed E-state index contributed by atoms with van der Waals surface area (Å²) in [5, 5.41) is 7.67. The molecule has 0 saturated carbocycles. The van der Waals surface area contributed by atoms with Crippen LogP contribution in [0.5, 0.6) is 0 Å². The molecule has 0 amide bonds. The van der Waals surface area contributed by atoms with E-state index in [0.717, 1.165) is 16.9 Å². The van der Waals surface area contributed by atoms with Gasteiger partial charge in [-0.1, -0.05) is 84.9 Å². The standard InChI is InChI=1S/C39H25N3/c1-2-10-27(11-3-1)41-34-15-6-4-12-31(34)38-29-22-24-37-39(30(29)21-23-36(38)41)32-13-5-7-16-35(32)42(37)28-19-17-26(18-20-28)33-14-8-9-25-40-33/h1-25H. The maximum Gasteiger partial charge on any atom is 0.0701 e. The fourth-order valence-corrected chi connectivity index (χ4v) is 6.79. The van der Waals surface area contributed by atoms with Gasteiger partial charge in [0.1, 0.15) is 0 Å². The Morgan fingerprint density at radius 1 is 0.357 bits per heavy atom. The molecule has 3 heterocycles. The number of aromatic nitrogens is 3. The summed E-state index contributed by atoms with van der Waals surface area (Å²) in [6.45, 7) is 0. The minimum atomic E-state index is 0.982. The van der Waals surface area contributed by atoms with Gasteiger partial charge in [0, 0.05) is 44.7 Å². The zero-order chi connectivity index (χ0) is 27.6. The van der Waals surface area contributed by atoms with Crippen LogP contribution in [0.15, 0.2) is 152 Å². The number of hydrogen-bond acceptors (Lipinski definition) is 1. The van der Waals surface area contributed by atoms with Crippen LogP contribution in [-0.2, 0) is 0 Å². The van der Waals surface area contributed by atoms with Gasteiger partial charge in [0.15, 0.2) is 0 Å². The number of pyridine rings is 1. The average Bonchev–Trinajstić information content (AvgIpc) is 3.59. The van der Waals surface area contributed by atoms with Gasteiger partial charge in [0.2, 0.25) is 0 Å². The van der Waals surface area contributed by atoms with Gasteiger partial charge in [-0.2, -0.15) is 0 Å². The zero-order valence-corrected chi connectivity index (χ0v) is 22.8. The Hall–Kier alpha value is -5.67. The molecule has 0 aliphatic rings. The minimum Gasteiger partial charge on any atom is -0.309 e. The largest absolute Gasteiger partial charge is 0.309 e. The van der Waals surface area contributed by atoms with E-state index in [1.807, 2.05) is 18.3 Å². The van der Waals surface area contributed by atoms with E-state index in [9.17, 15) is 0 Å². The Morgan fingerprint density at radius 3 is 1.45 bits per heavy atom. The highest BCUT2D eigenvalue weighted by Gasteiger charge is 2.19. The van der Waals surface area contributed by atoms with Crippen LogP contribution in [0.3, 0.4) is 0 Å². The number of fused-ring (bicyclic) bond motifs is 9. The molecule has 0 fully saturated rings. The maximum absolute atomic E-state index is 4.53. The van der Waals surface area contributed by atoms with Gasteiger partial charge >= 0.3 is 0 Å². The topological polar surface area (TPSA) is 22.8 Å². The van der Waals surface area contributed by atoms with Crippen LogP contribution in [0.1, 0.15) is 0 Å². The highest BCUT2D eigenvalue weighted by molar-refractivity contribution is 6.29. The van der Waals surface area contributed by atoms with E-state index in [-0.39, 0.29) is 0 Å². The van der Waals surface area contributed by atoms with Crippen LogP contribution in [-0.4, -0.2) is 14.1 Å². The first-order valence-electron chi connectivity index (χ1n) is 14.3. The fraction of sp³-hybridized carbons (Fsp3) is 0. The zero-order valence-electron chi connectivity index (χ0n) is 22.8. The number of hydrogen-bond donors (Lipinski definition) is 0. The van der Waals surface area contributed by atoms with E-state index < -0.39 is 0 Å². The molecule has 0 aliphatic heterocycles. The molecule has 9 aromatic rings. The fourth-order valence-electron chi connectivity index (χ4n) is 6.79. The molecule has 3 aromatic heterocycles. The lowest BCUT2D eigenvalue weighted by Crippen LogP contribution is -1.94. The lowest BCUT2D eigenvalue weighted by atomic mass is 9.99. The highest BCUT2D eigenvalue weighted by atomic mass is 15.0. The summed E-state index contributed by atoms with van der Waals surface area (Å²) in [6.07, 6.45) is 1.84. The van der Waals surface area contributed by atoms with Crippen LogP contribution in [0.4, 0.5) is 0 Å². The van der Waals surface area contributed by atoms with Crippen molar-refractivity contribution in [3.05, 3.63) is 152 Å². The van der Waals surface area contributed by atoms with Crippen molar-refractivity contribution >= 4 is 54.4 Å². The van der Waals surface area contributed by atoms with E-state index in [1.165, 1.54) is 60.1 Å². The van der Waals surface area contributed by atoms with Gasteiger partial charge in [-0.3, -0.25) is 4.98 Å². The van der Waals surface area contributed by atoms with Gasteiger partial charge in [0.05, 0.1) is 27.8 Å². The molecule has 9 rings (SSSR count). The third-order valence-electron chi connectivity index (χ3n) is 8.57. The predicted octanol–water partition coefficient (Wildman–Crippen LogP) is 10.1. The quantitative estimate of drug-likeness (QED) is 0.221. The molecule has 0 aliphatic carbocycles. The van der Waals surface area contributed by atoms with Crippen LogP contribution in [0.2, 0.25) is 0 Å². The Bertz CT molecular complexity index is 2430. The summed E-state index contributed by atoms with van der Waals surface area (Å²) in [5.41, 5.74) is 9.28. The van der Waals surface area contributed by atoms with Gasteiger partial charge in [-0.25, -0.2) is 0 Å². The third kappa shape index (κ3) is 3.25. The Morgan fingerprint density at radius 2 is 0.881 bits per heavy atom. The van der Waals surface area contributed by atoms with Crippen molar-refractivity contribution in [2.24, 2.45) is 0 Å². The van der Waals surface area contributed by atoms with E-state index in [4.69, 9.17) is 0 Å². The molecule has 196 valence electrons. The average molecular weight is 536 g/mol. The van der Waals surface area contributed by atoms with Gasteiger partial charge in [-0.05, 0) is 71.4 Å². The van der Waals surface area contributed by atoms with E-state index in [1.54, 1.807) is 0 Å². The number of rotatable bonds is 3. The first kappa shape index (κ1) is 23.1. The second kappa shape index (κ2) is 8.92. The van der Waals surface area contributed by atoms with E-state index >= 15 is 0 Å². The van der Waals surface area contributed by atoms with Crippen molar-refractivity contribution in [2.45, 2.75) is 0 Å². The Labute approximate surface area is 242 Å². The second-order valence-electron chi connectivity index (χ2n) is 10.8. The highest BCUT2D eigenvalue weighted by Crippen LogP contribution is 2.42. The molecular weight excluding hydrogens is 510 g/mol. The molecule has 0 atom stereocenters. The molecule has 0 unspecified atom stereocenters. The van der Waals surface area contributed by atoms with E-state index in [2.05, 4.69) is 148 Å². The van der Waals surface area contributed by atoms with E-state index in [0.29, 0.717) is 0 Å². The second-order valence-corrected chi connectivity index (χ2v) is 10.8. The molecule has 0 bridgehead atoms. The first-order valence-corrected chi connectivity index (χ1v) is 14.3. The van der Waals surface area contributed by atoms with Crippen molar-refractivity contribution in [3.63, 3.8) is 0 Å². The lowest BCUT2D eigenvalue weighted by molar-refractivity contribution is 1.18. The molecule has 3 nitrogen and oxygen atoms in total. The van der Waals surface area contributed by atoms with Gasteiger partial charge in [-0.15, -0.1) is 0 Å². The van der Waals surface area contributed by atoms with Crippen molar-refractivity contribution in [3.8, 4) is 22.6 Å². The summed E-state index contributed by atoms with van der Waals surface area (Å²) in [6, 6.07) is 52.2. The summed E-state index contributed by atoms with van der Waals surface area (Å²) >= 11 is 0. The predicted molar refractivity (Wildman–Crippen MR) is 176 cm³/mol. The minimum absolute atomic E-state index is 0.982. The van der Waals surface area contributed by atoms with Crippen molar-refractivity contribution in [1.82, 2.24) is 14.1 Å². The molecule has 0 radical (unpaired) electrons. The Balaban J connectivity index is 1.35. The maximum atomic E-state index is 4.53. The first-order chi connectivity index (χ1) is 20.9. The van der Waals surface area contributed by atoms with Crippen molar-refractivity contribution < 1.29 is 0 Å². The summed E-state index contributed by atoms with van der Waals surface area (Å²) in [5.74, 6) is 0. The van der Waals surface area contributed by atoms with Crippen molar-refractivity contribution in [2.75, 3.05) is 0 Å². The van der Waals surface area contributed by atoms with Gasteiger partial charge in [0.25, 0.3) is 0 Å². The summed E-state index contributed by atoms with van der Waals surface area (Å²) in [7, 11) is 0.